The van der Waals surface area contributed by atoms with Crippen molar-refractivity contribution in [3.8, 4) is 0 Å². The van der Waals surface area contributed by atoms with Crippen molar-refractivity contribution < 1.29 is 43.2 Å². The van der Waals surface area contributed by atoms with Crippen LogP contribution < -0.4 is 0 Å². The summed E-state index contributed by atoms with van der Waals surface area (Å²) in [7, 11) is -13.2. The maximum Gasteiger partial charge on any atom is 0.498 e. The molecule has 0 amide bonds. The van der Waals surface area contributed by atoms with Crippen molar-refractivity contribution in [3.63, 3.8) is 0 Å². The normalized spacial score (nSPS) is 14.4. The first kappa shape index (κ1) is 22.0. The van der Waals surface area contributed by atoms with E-state index in [4.69, 9.17) is 0 Å². The van der Waals surface area contributed by atoms with Crippen molar-refractivity contribution in [1.82, 2.24) is 0 Å². The van der Waals surface area contributed by atoms with Crippen LogP contribution in [0.4, 0.5) is 26.3 Å². The molecule has 0 bridgehead atoms. The maximum atomic E-state index is 12.5. The van der Waals surface area contributed by atoms with Crippen LogP contribution in [0.15, 0.2) is 34.8 Å². The third kappa shape index (κ3) is 4.97. The van der Waals surface area contributed by atoms with Crippen molar-refractivity contribution >= 4 is 41.7 Å². The van der Waals surface area contributed by atoms with Gasteiger partial charge in [0.05, 0.1) is 0 Å². The Morgan fingerprint density at radius 3 is 1.64 bits per heavy atom. The molecule has 25 heavy (non-hydrogen) atoms. The molecule has 0 aliphatic rings. The number of hydrogen-bond donors (Lipinski definition) is 0. The lowest BCUT2D eigenvalue weighted by atomic mass is 10.2. The van der Waals surface area contributed by atoms with Crippen LogP contribution in [0.5, 0.6) is 0 Å². The van der Waals surface area contributed by atoms with Gasteiger partial charge in [-0.3, -0.25) is 0 Å². The topological polar surface area (TPSA) is 68.3 Å². The summed E-state index contributed by atoms with van der Waals surface area (Å²) < 4.78 is 117. The number of alkyl halides is 6. The highest BCUT2D eigenvalue weighted by molar-refractivity contribution is 9.10. The van der Waals surface area contributed by atoms with Crippen LogP contribution >= 0.6 is 15.9 Å². The molecule has 0 heterocycles. The highest BCUT2D eigenvalue weighted by Gasteiger charge is 2.62. The molecule has 1 aromatic rings. The molecule has 1 aromatic carbocycles. The maximum absolute atomic E-state index is 12.5. The number of allylic oxidation sites excluding steroid dienone is 1. The zero-order chi connectivity index (χ0) is 19.7. The van der Waals surface area contributed by atoms with Gasteiger partial charge in [0.1, 0.15) is 0 Å². The summed E-state index contributed by atoms with van der Waals surface area (Å²) in [6, 6.07) is 5.87. The van der Waals surface area contributed by atoms with Crippen molar-refractivity contribution in [2.45, 2.75) is 22.0 Å². The molecule has 0 aromatic heterocycles. The largest absolute Gasteiger partial charge is 0.498 e. The molecule has 0 aliphatic heterocycles. The SMILES string of the molecule is O=S(=O)(C(C/C=C/c1ccc(Br)cc1)S(=O)(=O)C(F)(F)F)C(F)(F)F. The van der Waals surface area contributed by atoms with Crippen molar-refractivity contribution in [1.29, 1.82) is 0 Å². The third-order valence-electron chi connectivity index (χ3n) is 2.85. The summed E-state index contributed by atoms with van der Waals surface area (Å²) in [6.45, 7) is 0. The summed E-state index contributed by atoms with van der Waals surface area (Å²) in [5.41, 5.74) is -12.0. The van der Waals surface area contributed by atoms with Crippen LogP contribution in [0.1, 0.15) is 12.0 Å². The third-order valence-corrected chi connectivity index (χ3v) is 7.95. The van der Waals surface area contributed by atoms with Gasteiger partial charge in [-0.15, -0.1) is 0 Å². The average Bonchev–Trinajstić information content (AvgIpc) is 2.42. The van der Waals surface area contributed by atoms with Crippen molar-refractivity contribution in [3.05, 3.63) is 40.4 Å². The van der Waals surface area contributed by atoms with E-state index in [1.54, 1.807) is 0 Å². The van der Waals surface area contributed by atoms with Gasteiger partial charge in [-0.1, -0.05) is 40.2 Å². The summed E-state index contributed by atoms with van der Waals surface area (Å²) in [5, 5.41) is 0. The average molecular weight is 475 g/mol. The summed E-state index contributed by atoms with van der Waals surface area (Å²) in [4.78, 5) is 0. The number of rotatable bonds is 5. The molecule has 0 unspecified atom stereocenters. The highest BCUT2D eigenvalue weighted by Crippen LogP contribution is 2.37. The van der Waals surface area contributed by atoms with E-state index in [0.717, 1.165) is 6.08 Å². The molecular formula is C12H9BrF6O4S2. The highest BCUT2D eigenvalue weighted by atomic mass is 79.9. The van der Waals surface area contributed by atoms with Gasteiger partial charge < -0.3 is 0 Å². The van der Waals surface area contributed by atoms with Gasteiger partial charge in [-0.2, -0.15) is 26.3 Å². The molecule has 13 heteroatoms. The molecule has 1 rings (SSSR count). The standard InChI is InChI=1S/C12H9BrF6O4S2/c13-9-6-4-8(5-7-9)2-1-3-10(24(20,21)11(14,15)16)25(22,23)12(17,18)19/h1-2,4-7,10H,3H2/b2-1+. The monoisotopic (exact) mass is 474 g/mol. The van der Waals surface area contributed by atoms with Gasteiger partial charge in [0.2, 0.25) is 0 Å². The predicted molar refractivity (Wildman–Crippen MR) is 81.5 cm³/mol. The lowest BCUT2D eigenvalue weighted by Gasteiger charge is -2.19. The Hall–Kier alpha value is -1.08. The molecule has 0 saturated heterocycles. The summed E-state index contributed by atoms with van der Waals surface area (Å²) in [5.74, 6) is 0. The smallest absolute Gasteiger partial charge is 0.218 e. The van der Waals surface area contributed by atoms with Gasteiger partial charge in [0, 0.05) is 4.47 Å². The zero-order valence-corrected chi connectivity index (χ0v) is 15.1. The quantitative estimate of drug-likeness (QED) is 0.603. The second-order valence-electron chi connectivity index (χ2n) is 4.60. The Kier molecular flexibility index (Phi) is 6.39. The van der Waals surface area contributed by atoms with Gasteiger partial charge in [0.25, 0.3) is 19.7 Å². The Morgan fingerprint density at radius 2 is 1.28 bits per heavy atom. The van der Waals surface area contributed by atoms with Crippen molar-refractivity contribution in [2.75, 3.05) is 0 Å². The van der Waals surface area contributed by atoms with Crippen LogP contribution in [-0.4, -0.2) is 32.4 Å². The molecular weight excluding hydrogens is 466 g/mol. The van der Waals surface area contributed by atoms with E-state index in [0.29, 0.717) is 16.1 Å². The summed E-state index contributed by atoms with van der Waals surface area (Å²) >= 11 is 3.10. The first-order chi connectivity index (χ1) is 11.1. The van der Waals surface area contributed by atoms with Gasteiger partial charge in [-0.25, -0.2) is 16.8 Å². The first-order valence-electron chi connectivity index (χ1n) is 6.13. The van der Waals surface area contributed by atoms with E-state index in [2.05, 4.69) is 15.9 Å². The zero-order valence-electron chi connectivity index (χ0n) is 11.8. The lowest BCUT2D eigenvalue weighted by molar-refractivity contribution is -0.0471. The Balaban J connectivity index is 3.28. The Morgan fingerprint density at radius 1 is 0.880 bits per heavy atom. The fraction of sp³-hybridized carbons (Fsp3) is 0.333. The van der Waals surface area contributed by atoms with Gasteiger partial charge >= 0.3 is 11.0 Å². The Bertz CT molecular complexity index is 795. The van der Waals surface area contributed by atoms with Crippen LogP contribution in [-0.2, 0) is 19.7 Å². The molecule has 0 radical (unpaired) electrons. The molecule has 4 nitrogen and oxygen atoms in total. The van der Waals surface area contributed by atoms with Crippen LogP contribution in [0.3, 0.4) is 0 Å². The number of hydrogen-bond acceptors (Lipinski definition) is 4. The van der Waals surface area contributed by atoms with Crippen LogP contribution in [0.25, 0.3) is 6.08 Å². The van der Waals surface area contributed by atoms with Crippen LogP contribution in [0, 0.1) is 0 Å². The number of sulfone groups is 2. The number of halogens is 7. The van der Waals surface area contributed by atoms with E-state index in [-0.39, 0.29) is 0 Å². The summed E-state index contributed by atoms with van der Waals surface area (Å²) in [6.07, 6.45) is 0.122. The minimum absolute atomic E-state index is 0.316. The molecule has 0 N–H and O–H groups in total. The Labute approximate surface area is 147 Å². The van der Waals surface area contributed by atoms with E-state index in [9.17, 15) is 43.2 Å². The second-order valence-corrected chi connectivity index (χ2v) is 10.1. The van der Waals surface area contributed by atoms with Gasteiger partial charge in [-0.05, 0) is 24.1 Å². The minimum Gasteiger partial charge on any atom is -0.218 e. The first-order valence-corrected chi connectivity index (χ1v) is 10.0. The van der Waals surface area contributed by atoms with Gasteiger partial charge in [0.15, 0.2) is 4.58 Å². The molecule has 0 atom stereocenters. The fourth-order valence-electron chi connectivity index (χ4n) is 1.61. The van der Waals surface area contributed by atoms with Crippen LogP contribution in [0.2, 0.25) is 0 Å². The van der Waals surface area contributed by atoms with E-state index in [1.165, 1.54) is 24.3 Å². The number of benzene rings is 1. The second kappa shape index (κ2) is 7.27. The molecule has 0 spiro atoms. The molecule has 142 valence electrons. The van der Waals surface area contributed by atoms with E-state index < -0.39 is 41.7 Å². The van der Waals surface area contributed by atoms with E-state index >= 15 is 0 Å². The predicted octanol–water partition coefficient (Wildman–Crippen LogP) is 4.05. The lowest BCUT2D eigenvalue weighted by Crippen LogP contribution is -2.44. The fourth-order valence-corrected chi connectivity index (χ4v) is 5.19. The molecule has 0 aliphatic carbocycles. The van der Waals surface area contributed by atoms with Crippen molar-refractivity contribution in [2.24, 2.45) is 0 Å². The minimum atomic E-state index is -6.61. The van der Waals surface area contributed by atoms with E-state index in [1.807, 2.05) is 0 Å². The molecule has 0 fully saturated rings. The molecule has 0 saturated carbocycles.